The van der Waals surface area contributed by atoms with Crippen LogP contribution in [0.2, 0.25) is 0 Å². The fourth-order valence-electron chi connectivity index (χ4n) is 4.36. The standard InChI is InChI=1S/C18H36N2O/c1-4-6-15-7-8-17(19-10-5-2)16(12-15)13-20-11-9-18(3,21)14-20/h15-17,19,21H,4-14H2,1-3H3. The summed E-state index contributed by atoms with van der Waals surface area (Å²) in [5.41, 5.74) is -0.455. The first-order chi connectivity index (χ1) is 10.0. The van der Waals surface area contributed by atoms with Crippen molar-refractivity contribution in [1.82, 2.24) is 10.2 Å². The normalized spacial score (nSPS) is 38.0. The Hall–Kier alpha value is -0.120. The summed E-state index contributed by atoms with van der Waals surface area (Å²) in [6.07, 6.45) is 9.01. The van der Waals surface area contributed by atoms with Gasteiger partial charge in [-0.2, -0.15) is 0 Å². The zero-order valence-corrected chi connectivity index (χ0v) is 14.4. The van der Waals surface area contributed by atoms with Crippen LogP contribution in [0, 0.1) is 11.8 Å². The van der Waals surface area contributed by atoms with Gasteiger partial charge < -0.3 is 15.3 Å². The van der Waals surface area contributed by atoms with E-state index in [2.05, 4.69) is 24.1 Å². The molecule has 21 heavy (non-hydrogen) atoms. The van der Waals surface area contributed by atoms with Gasteiger partial charge in [0, 0.05) is 25.7 Å². The molecule has 2 fully saturated rings. The summed E-state index contributed by atoms with van der Waals surface area (Å²) in [4.78, 5) is 2.50. The first-order valence-electron chi connectivity index (χ1n) is 9.22. The van der Waals surface area contributed by atoms with Crippen LogP contribution in [0.1, 0.15) is 65.7 Å². The van der Waals surface area contributed by atoms with Gasteiger partial charge in [0.25, 0.3) is 0 Å². The largest absolute Gasteiger partial charge is 0.389 e. The Kier molecular flexibility index (Phi) is 6.51. The highest BCUT2D eigenvalue weighted by Crippen LogP contribution is 2.34. The van der Waals surface area contributed by atoms with Crippen molar-refractivity contribution in [1.29, 1.82) is 0 Å². The predicted octanol–water partition coefficient (Wildman–Crippen LogP) is 3.03. The first-order valence-corrected chi connectivity index (χ1v) is 9.22. The van der Waals surface area contributed by atoms with Crippen LogP contribution in [0.5, 0.6) is 0 Å². The van der Waals surface area contributed by atoms with E-state index in [1.165, 1.54) is 45.1 Å². The molecule has 0 aromatic rings. The van der Waals surface area contributed by atoms with Gasteiger partial charge in [-0.15, -0.1) is 0 Å². The zero-order valence-electron chi connectivity index (χ0n) is 14.4. The van der Waals surface area contributed by atoms with Crippen molar-refractivity contribution < 1.29 is 5.11 Å². The van der Waals surface area contributed by atoms with Crippen LogP contribution in [0.15, 0.2) is 0 Å². The number of nitrogens with one attached hydrogen (secondary N) is 1. The number of aliphatic hydroxyl groups is 1. The molecule has 0 spiro atoms. The number of hydrogen-bond acceptors (Lipinski definition) is 3. The number of β-amino-alcohol motifs (C(OH)–C–C–N with tert-alkyl or cyclic N) is 1. The number of hydrogen-bond donors (Lipinski definition) is 2. The highest BCUT2D eigenvalue weighted by atomic mass is 16.3. The molecule has 1 saturated heterocycles. The SMILES string of the molecule is CCCNC1CCC(CCC)CC1CN1CCC(C)(O)C1. The minimum absolute atomic E-state index is 0.455. The van der Waals surface area contributed by atoms with E-state index in [9.17, 15) is 5.11 Å². The molecule has 0 bridgehead atoms. The summed E-state index contributed by atoms with van der Waals surface area (Å²) in [7, 11) is 0. The van der Waals surface area contributed by atoms with Gasteiger partial charge in [0.2, 0.25) is 0 Å². The van der Waals surface area contributed by atoms with Crippen LogP contribution >= 0.6 is 0 Å². The molecule has 0 amide bonds. The molecule has 1 aliphatic carbocycles. The molecule has 2 aliphatic rings. The second-order valence-electron chi connectivity index (χ2n) is 7.77. The number of nitrogens with zero attached hydrogens (tertiary/aromatic N) is 1. The molecule has 1 aliphatic heterocycles. The summed E-state index contributed by atoms with van der Waals surface area (Å²) in [5, 5.41) is 14.0. The van der Waals surface area contributed by atoms with E-state index in [4.69, 9.17) is 0 Å². The Bertz CT molecular complexity index is 306. The van der Waals surface area contributed by atoms with Crippen molar-refractivity contribution >= 4 is 0 Å². The van der Waals surface area contributed by atoms with Gasteiger partial charge in [-0.3, -0.25) is 0 Å². The Morgan fingerprint density at radius 2 is 2.05 bits per heavy atom. The molecule has 4 atom stereocenters. The van der Waals surface area contributed by atoms with Crippen molar-refractivity contribution in [2.45, 2.75) is 77.4 Å². The molecule has 3 nitrogen and oxygen atoms in total. The Morgan fingerprint density at radius 3 is 2.67 bits per heavy atom. The van der Waals surface area contributed by atoms with Gasteiger partial charge in [-0.25, -0.2) is 0 Å². The molecule has 0 aromatic heterocycles. The second kappa shape index (κ2) is 7.94. The highest BCUT2D eigenvalue weighted by Gasteiger charge is 2.36. The van der Waals surface area contributed by atoms with Crippen molar-refractivity contribution in [3.63, 3.8) is 0 Å². The molecular formula is C18H36N2O. The average Bonchev–Trinajstić information content (AvgIpc) is 2.77. The summed E-state index contributed by atoms with van der Waals surface area (Å²) < 4.78 is 0. The van der Waals surface area contributed by atoms with Crippen LogP contribution in [-0.2, 0) is 0 Å². The lowest BCUT2D eigenvalue weighted by Crippen LogP contribution is -2.46. The maximum atomic E-state index is 10.2. The summed E-state index contributed by atoms with van der Waals surface area (Å²) in [5.74, 6) is 1.71. The van der Waals surface area contributed by atoms with Crippen molar-refractivity contribution in [3.05, 3.63) is 0 Å². The van der Waals surface area contributed by atoms with Gasteiger partial charge in [0.1, 0.15) is 0 Å². The smallest absolute Gasteiger partial charge is 0.0758 e. The number of rotatable bonds is 7. The average molecular weight is 296 g/mol. The van der Waals surface area contributed by atoms with Gasteiger partial charge >= 0.3 is 0 Å². The molecule has 124 valence electrons. The van der Waals surface area contributed by atoms with Crippen molar-refractivity contribution in [2.24, 2.45) is 11.8 Å². The van der Waals surface area contributed by atoms with Crippen LogP contribution < -0.4 is 5.32 Å². The molecule has 4 unspecified atom stereocenters. The second-order valence-corrected chi connectivity index (χ2v) is 7.77. The van der Waals surface area contributed by atoms with Gasteiger partial charge in [0.15, 0.2) is 0 Å². The van der Waals surface area contributed by atoms with Gasteiger partial charge in [0.05, 0.1) is 5.60 Å². The van der Waals surface area contributed by atoms with E-state index < -0.39 is 5.60 Å². The van der Waals surface area contributed by atoms with E-state index in [0.29, 0.717) is 6.04 Å². The van der Waals surface area contributed by atoms with Gasteiger partial charge in [-0.05, 0) is 57.4 Å². The molecule has 1 saturated carbocycles. The molecule has 3 heteroatoms. The minimum Gasteiger partial charge on any atom is -0.389 e. The zero-order chi connectivity index (χ0) is 15.3. The van der Waals surface area contributed by atoms with Crippen molar-refractivity contribution in [3.8, 4) is 0 Å². The molecular weight excluding hydrogens is 260 g/mol. The Balaban J connectivity index is 1.89. The van der Waals surface area contributed by atoms with Crippen LogP contribution in [0.25, 0.3) is 0 Å². The third-order valence-electron chi connectivity index (χ3n) is 5.47. The first kappa shape index (κ1) is 17.2. The Labute approximate surface area is 131 Å². The lowest BCUT2D eigenvalue weighted by Gasteiger charge is -2.39. The third-order valence-corrected chi connectivity index (χ3v) is 5.47. The van der Waals surface area contributed by atoms with E-state index >= 15 is 0 Å². The monoisotopic (exact) mass is 296 g/mol. The molecule has 2 N–H and O–H groups in total. The summed E-state index contributed by atoms with van der Waals surface area (Å²) in [6.45, 7) is 10.8. The Morgan fingerprint density at radius 1 is 1.24 bits per heavy atom. The quantitative estimate of drug-likeness (QED) is 0.758. The van der Waals surface area contributed by atoms with Crippen LogP contribution in [-0.4, -0.2) is 47.8 Å². The van der Waals surface area contributed by atoms with Crippen LogP contribution in [0.4, 0.5) is 0 Å². The molecule has 0 radical (unpaired) electrons. The predicted molar refractivity (Wildman–Crippen MR) is 89.5 cm³/mol. The lowest BCUT2D eigenvalue weighted by atomic mass is 9.76. The summed E-state index contributed by atoms with van der Waals surface area (Å²) in [6, 6.07) is 0.698. The maximum absolute atomic E-state index is 10.2. The number of likely N-dealkylation sites (tertiary alicyclic amines) is 1. The summed E-state index contributed by atoms with van der Waals surface area (Å²) >= 11 is 0. The van der Waals surface area contributed by atoms with E-state index in [1.807, 2.05) is 6.92 Å². The van der Waals surface area contributed by atoms with E-state index in [1.54, 1.807) is 0 Å². The van der Waals surface area contributed by atoms with Gasteiger partial charge in [-0.1, -0.05) is 26.7 Å². The molecule has 2 rings (SSSR count). The highest BCUT2D eigenvalue weighted by molar-refractivity contribution is 4.91. The molecule has 1 heterocycles. The van der Waals surface area contributed by atoms with Crippen LogP contribution in [0.3, 0.4) is 0 Å². The minimum atomic E-state index is -0.455. The fourth-order valence-corrected chi connectivity index (χ4v) is 4.36. The molecule has 0 aromatic carbocycles. The topological polar surface area (TPSA) is 35.5 Å². The fraction of sp³-hybridized carbons (Fsp3) is 1.00. The van der Waals surface area contributed by atoms with Crippen molar-refractivity contribution in [2.75, 3.05) is 26.2 Å². The van der Waals surface area contributed by atoms with E-state index in [-0.39, 0.29) is 0 Å². The maximum Gasteiger partial charge on any atom is 0.0758 e. The third kappa shape index (κ3) is 5.22. The van der Waals surface area contributed by atoms with E-state index in [0.717, 1.165) is 37.9 Å². The lowest BCUT2D eigenvalue weighted by molar-refractivity contribution is 0.0620.